The second kappa shape index (κ2) is 6.37. The Hall–Kier alpha value is -1.72. The van der Waals surface area contributed by atoms with Gasteiger partial charge in [0, 0.05) is 12.1 Å². The number of aromatic nitrogens is 3. The number of aryl methyl sites for hydroxylation is 1. The van der Waals surface area contributed by atoms with Crippen molar-refractivity contribution in [3.05, 3.63) is 35.5 Å². The van der Waals surface area contributed by atoms with Gasteiger partial charge in [-0.3, -0.25) is 0 Å². The van der Waals surface area contributed by atoms with Gasteiger partial charge in [0.1, 0.15) is 5.69 Å². The Balaban J connectivity index is 1.83. The molecular weight excluding hydrogens is 264 g/mol. The first-order chi connectivity index (χ1) is 10.3. The maximum absolute atomic E-state index is 9.50. The molecule has 1 fully saturated rings. The molecule has 2 aromatic rings. The predicted octanol–water partition coefficient (Wildman–Crippen LogP) is 1.84. The molecule has 0 amide bonds. The molecular formula is C16H22N4O. The molecule has 0 unspecified atom stereocenters. The fourth-order valence-electron chi connectivity index (χ4n) is 2.88. The molecule has 1 aromatic heterocycles. The predicted molar refractivity (Wildman–Crippen MR) is 81.8 cm³/mol. The molecule has 1 saturated heterocycles. The monoisotopic (exact) mass is 286 g/mol. The molecule has 1 aromatic carbocycles. The SMILES string of the molecule is Cc1ccc(-c2c(CO)nnn2CCN2CCCC2)cc1. The van der Waals surface area contributed by atoms with Crippen molar-refractivity contribution < 1.29 is 5.11 Å². The van der Waals surface area contributed by atoms with Crippen LogP contribution in [-0.2, 0) is 13.2 Å². The van der Waals surface area contributed by atoms with Crippen LogP contribution in [0.5, 0.6) is 0 Å². The summed E-state index contributed by atoms with van der Waals surface area (Å²) < 4.78 is 1.93. The second-order valence-electron chi connectivity index (χ2n) is 5.68. The zero-order chi connectivity index (χ0) is 14.7. The van der Waals surface area contributed by atoms with E-state index in [1.165, 1.54) is 31.5 Å². The van der Waals surface area contributed by atoms with Gasteiger partial charge in [-0.1, -0.05) is 35.0 Å². The first-order valence-electron chi connectivity index (χ1n) is 7.60. The Morgan fingerprint density at radius 1 is 1.10 bits per heavy atom. The number of hydrogen-bond acceptors (Lipinski definition) is 4. The van der Waals surface area contributed by atoms with Crippen molar-refractivity contribution >= 4 is 0 Å². The summed E-state index contributed by atoms with van der Waals surface area (Å²) in [6.07, 6.45) is 2.59. The molecule has 0 bridgehead atoms. The van der Waals surface area contributed by atoms with Crippen molar-refractivity contribution in [2.45, 2.75) is 32.9 Å². The van der Waals surface area contributed by atoms with E-state index in [2.05, 4.69) is 46.4 Å². The van der Waals surface area contributed by atoms with Gasteiger partial charge >= 0.3 is 0 Å². The van der Waals surface area contributed by atoms with E-state index in [0.717, 1.165) is 24.3 Å². The van der Waals surface area contributed by atoms with Crippen LogP contribution >= 0.6 is 0 Å². The van der Waals surface area contributed by atoms with E-state index in [-0.39, 0.29) is 6.61 Å². The van der Waals surface area contributed by atoms with Gasteiger partial charge in [0.05, 0.1) is 18.8 Å². The molecule has 112 valence electrons. The molecule has 1 N–H and O–H groups in total. The van der Waals surface area contributed by atoms with Crippen molar-refractivity contribution in [3.63, 3.8) is 0 Å². The summed E-state index contributed by atoms with van der Waals surface area (Å²) in [7, 11) is 0. The van der Waals surface area contributed by atoms with Crippen LogP contribution < -0.4 is 0 Å². The zero-order valence-corrected chi connectivity index (χ0v) is 12.5. The van der Waals surface area contributed by atoms with E-state index >= 15 is 0 Å². The molecule has 0 atom stereocenters. The Morgan fingerprint density at radius 2 is 1.81 bits per heavy atom. The van der Waals surface area contributed by atoms with Crippen molar-refractivity contribution in [2.24, 2.45) is 0 Å². The topological polar surface area (TPSA) is 54.2 Å². The normalized spacial score (nSPS) is 15.7. The van der Waals surface area contributed by atoms with Gasteiger partial charge in [-0.2, -0.15) is 0 Å². The maximum Gasteiger partial charge on any atom is 0.116 e. The van der Waals surface area contributed by atoms with Crippen molar-refractivity contribution in [3.8, 4) is 11.3 Å². The van der Waals surface area contributed by atoms with E-state index in [4.69, 9.17) is 0 Å². The Kier molecular flexibility index (Phi) is 4.31. The van der Waals surface area contributed by atoms with Crippen LogP contribution in [0.4, 0.5) is 0 Å². The zero-order valence-electron chi connectivity index (χ0n) is 12.5. The molecule has 21 heavy (non-hydrogen) atoms. The van der Waals surface area contributed by atoms with E-state index in [1.807, 2.05) is 4.68 Å². The molecule has 2 heterocycles. The summed E-state index contributed by atoms with van der Waals surface area (Å²) in [5.41, 5.74) is 3.88. The highest BCUT2D eigenvalue weighted by Gasteiger charge is 2.16. The minimum atomic E-state index is -0.0765. The molecule has 5 heteroatoms. The Labute approximate surface area is 125 Å². The smallest absolute Gasteiger partial charge is 0.116 e. The highest BCUT2D eigenvalue weighted by molar-refractivity contribution is 5.62. The van der Waals surface area contributed by atoms with Crippen LogP contribution in [0.25, 0.3) is 11.3 Å². The number of nitrogens with zero attached hydrogens (tertiary/aromatic N) is 4. The summed E-state index contributed by atoms with van der Waals surface area (Å²) in [4.78, 5) is 2.46. The van der Waals surface area contributed by atoms with Crippen molar-refractivity contribution in [1.29, 1.82) is 0 Å². The maximum atomic E-state index is 9.50. The van der Waals surface area contributed by atoms with Gasteiger partial charge in [0.15, 0.2) is 0 Å². The number of aliphatic hydroxyl groups is 1. The van der Waals surface area contributed by atoms with Crippen molar-refractivity contribution in [1.82, 2.24) is 19.9 Å². The van der Waals surface area contributed by atoms with Crippen molar-refractivity contribution in [2.75, 3.05) is 19.6 Å². The fraction of sp³-hybridized carbons (Fsp3) is 0.500. The van der Waals surface area contributed by atoms with E-state index < -0.39 is 0 Å². The van der Waals surface area contributed by atoms with Crippen LogP contribution in [0, 0.1) is 6.92 Å². The molecule has 0 saturated carbocycles. The van der Waals surface area contributed by atoms with Crippen LogP contribution in [0.3, 0.4) is 0 Å². The molecule has 1 aliphatic rings. The van der Waals surface area contributed by atoms with Gasteiger partial charge in [0.2, 0.25) is 0 Å². The minimum Gasteiger partial charge on any atom is -0.390 e. The fourth-order valence-corrected chi connectivity index (χ4v) is 2.88. The second-order valence-corrected chi connectivity index (χ2v) is 5.68. The largest absolute Gasteiger partial charge is 0.390 e. The van der Waals surface area contributed by atoms with Crippen LogP contribution in [0.1, 0.15) is 24.1 Å². The number of aliphatic hydroxyl groups excluding tert-OH is 1. The molecule has 5 nitrogen and oxygen atoms in total. The van der Waals surface area contributed by atoms with Gasteiger partial charge in [-0.15, -0.1) is 5.10 Å². The first-order valence-corrected chi connectivity index (χ1v) is 7.60. The summed E-state index contributed by atoms with van der Waals surface area (Å²) in [5.74, 6) is 0. The number of rotatable bonds is 5. The average Bonchev–Trinajstić information content (AvgIpc) is 3.15. The van der Waals surface area contributed by atoms with Crippen LogP contribution in [0.15, 0.2) is 24.3 Å². The third-order valence-electron chi connectivity index (χ3n) is 4.11. The minimum absolute atomic E-state index is 0.0765. The summed E-state index contributed by atoms with van der Waals surface area (Å²) >= 11 is 0. The first kappa shape index (κ1) is 14.2. The molecule has 0 spiro atoms. The Morgan fingerprint density at radius 3 is 2.48 bits per heavy atom. The van der Waals surface area contributed by atoms with Gasteiger partial charge in [0.25, 0.3) is 0 Å². The lowest BCUT2D eigenvalue weighted by Gasteiger charge is -2.15. The number of likely N-dealkylation sites (tertiary alicyclic amines) is 1. The number of benzene rings is 1. The summed E-state index contributed by atoms with van der Waals surface area (Å²) in [5, 5.41) is 17.9. The van der Waals surface area contributed by atoms with E-state index in [9.17, 15) is 5.11 Å². The standard InChI is InChI=1S/C16H22N4O/c1-13-4-6-14(7-5-13)16-15(12-21)17-18-20(16)11-10-19-8-2-3-9-19/h4-7,21H,2-3,8-12H2,1H3. The van der Waals surface area contributed by atoms with Crippen LogP contribution in [0.2, 0.25) is 0 Å². The average molecular weight is 286 g/mol. The van der Waals surface area contributed by atoms with Crippen LogP contribution in [-0.4, -0.2) is 44.6 Å². The molecule has 0 radical (unpaired) electrons. The Bertz CT molecular complexity index is 585. The highest BCUT2D eigenvalue weighted by atomic mass is 16.3. The van der Waals surface area contributed by atoms with Gasteiger partial charge < -0.3 is 10.0 Å². The lowest BCUT2D eigenvalue weighted by molar-refractivity contribution is 0.277. The third-order valence-corrected chi connectivity index (χ3v) is 4.11. The lowest BCUT2D eigenvalue weighted by atomic mass is 10.1. The summed E-state index contributed by atoms with van der Waals surface area (Å²) in [6.45, 7) is 6.17. The molecule has 1 aliphatic heterocycles. The number of hydrogen-bond donors (Lipinski definition) is 1. The lowest BCUT2D eigenvalue weighted by Crippen LogP contribution is -2.24. The van der Waals surface area contributed by atoms with E-state index in [0.29, 0.717) is 5.69 Å². The van der Waals surface area contributed by atoms with Gasteiger partial charge in [-0.25, -0.2) is 4.68 Å². The summed E-state index contributed by atoms with van der Waals surface area (Å²) in [6, 6.07) is 8.29. The van der Waals surface area contributed by atoms with Gasteiger partial charge in [-0.05, 0) is 32.9 Å². The highest BCUT2D eigenvalue weighted by Crippen LogP contribution is 2.23. The third kappa shape index (κ3) is 3.14. The van der Waals surface area contributed by atoms with E-state index in [1.54, 1.807) is 0 Å². The molecule has 0 aliphatic carbocycles. The quantitative estimate of drug-likeness (QED) is 0.911. The molecule has 3 rings (SSSR count).